The number of aliphatic hydroxyl groups is 1. The number of rotatable bonds is 6. The molecular weight excluding hydrogens is 358 g/mol. The van der Waals surface area contributed by atoms with Gasteiger partial charge in [0.15, 0.2) is 0 Å². The van der Waals surface area contributed by atoms with Crippen molar-refractivity contribution < 1.29 is 14.6 Å². The SMILES string of the molecule is O=C(CO)Nc1ccc2ncc(CCOc3ccccc3Cl)c(=O)n2c1. The lowest BCUT2D eigenvalue weighted by atomic mass is 10.2. The zero-order valence-corrected chi connectivity index (χ0v) is 14.4. The standard InChI is InChI=1S/C18H16ClN3O4/c19-14-3-1-2-4-15(14)26-8-7-12-9-20-16-6-5-13(21-17(24)11-23)10-22(16)18(12)25/h1-6,9-10,23H,7-8,11H2,(H,21,24). The van der Waals surface area contributed by atoms with Gasteiger partial charge in [-0.05, 0) is 24.3 Å². The average Bonchev–Trinajstić information content (AvgIpc) is 2.65. The first kappa shape index (κ1) is 17.9. The molecule has 0 unspecified atom stereocenters. The van der Waals surface area contributed by atoms with Gasteiger partial charge in [-0.3, -0.25) is 14.0 Å². The van der Waals surface area contributed by atoms with Crippen LogP contribution in [0, 0.1) is 0 Å². The zero-order chi connectivity index (χ0) is 18.5. The van der Waals surface area contributed by atoms with Gasteiger partial charge in [0.2, 0.25) is 5.91 Å². The number of aromatic nitrogens is 2. The quantitative estimate of drug-likeness (QED) is 0.688. The van der Waals surface area contributed by atoms with Gasteiger partial charge < -0.3 is 15.2 Å². The molecule has 0 radical (unpaired) electrons. The summed E-state index contributed by atoms with van der Waals surface area (Å²) in [5, 5.41) is 11.8. The summed E-state index contributed by atoms with van der Waals surface area (Å²) in [7, 11) is 0. The van der Waals surface area contributed by atoms with Crippen molar-refractivity contribution >= 4 is 28.8 Å². The van der Waals surface area contributed by atoms with E-state index in [1.165, 1.54) is 16.8 Å². The van der Waals surface area contributed by atoms with Crippen molar-refractivity contribution in [3.63, 3.8) is 0 Å². The van der Waals surface area contributed by atoms with Crippen LogP contribution in [0.5, 0.6) is 5.75 Å². The van der Waals surface area contributed by atoms with Crippen molar-refractivity contribution in [3.05, 3.63) is 69.7 Å². The maximum absolute atomic E-state index is 12.6. The first-order chi connectivity index (χ1) is 12.6. The van der Waals surface area contributed by atoms with Gasteiger partial charge in [0.1, 0.15) is 18.0 Å². The van der Waals surface area contributed by atoms with Crippen LogP contribution in [0.2, 0.25) is 5.02 Å². The Hall–Kier alpha value is -2.90. The molecule has 2 heterocycles. The molecule has 26 heavy (non-hydrogen) atoms. The Balaban J connectivity index is 1.78. The molecule has 0 spiro atoms. The maximum atomic E-state index is 12.6. The maximum Gasteiger partial charge on any atom is 0.261 e. The number of ether oxygens (including phenoxy) is 1. The van der Waals surface area contributed by atoms with Gasteiger partial charge in [-0.25, -0.2) is 4.98 Å². The topological polar surface area (TPSA) is 92.9 Å². The first-order valence-corrected chi connectivity index (χ1v) is 8.24. The second-order valence-corrected chi connectivity index (χ2v) is 5.88. The minimum absolute atomic E-state index is 0.252. The fourth-order valence-electron chi connectivity index (χ4n) is 2.39. The lowest BCUT2D eigenvalue weighted by Gasteiger charge is -2.09. The van der Waals surface area contributed by atoms with E-state index >= 15 is 0 Å². The van der Waals surface area contributed by atoms with Crippen LogP contribution in [0.1, 0.15) is 5.56 Å². The summed E-state index contributed by atoms with van der Waals surface area (Å²) in [5.41, 5.74) is 1.07. The molecule has 134 valence electrons. The van der Waals surface area contributed by atoms with Crippen molar-refractivity contribution in [2.45, 2.75) is 6.42 Å². The van der Waals surface area contributed by atoms with E-state index in [1.54, 1.807) is 24.3 Å². The van der Waals surface area contributed by atoms with Crippen LogP contribution in [-0.2, 0) is 11.2 Å². The summed E-state index contributed by atoms with van der Waals surface area (Å²) in [6.45, 7) is -0.363. The normalized spacial score (nSPS) is 10.7. The molecule has 0 atom stereocenters. The van der Waals surface area contributed by atoms with E-state index in [0.29, 0.717) is 34.1 Å². The largest absolute Gasteiger partial charge is 0.492 e. The van der Waals surface area contributed by atoms with E-state index < -0.39 is 12.5 Å². The molecule has 2 aromatic heterocycles. The van der Waals surface area contributed by atoms with E-state index in [4.69, 9.17) is 21.4 Å². The van der Waals surface area contributed by atoms with Crippen LogP contribution >= 0.6 is 11.6 Å². The number of para-hydroxylation sites is 1. The first-order valence-electron chi connectivity index (χ1n) is 7.87. The number of carbonyl (C=O) groups is 1. The molecule has 0 fully saturated rings. The number of benzene rings is 1. The highest BCUT2D eigenvalue weighted by Gasteiger charge is 2.08. The van der Waals surface area contributed by atoms with E-state index in [9.17, 15) is 9.59 Å². The van der Waals surface area contributed by atoms with Gasteiger partial charge in [-0.2, -0.15) is 0 Å². The van der Waals surface area contributed by atoms with Crippen LogP contribution in [-0.4, -0.2) is 33.6 Å². The van der Waals surface area contributed by atoms with E-state index in [0.717, 1.165) is 0 Å². The number of amides is 1. The van der Waals surface area contributed by atoms with Crippen LogP contribution in [0.15, 0.2) is 53.6 Å². The fourth-order valence-corrected chi connectivity index (χ4v) is 2.58. The van der Waals surface area contributed by atoms with Gasteiger partial charge in [-0.1, -0.05) is 23.7 Å². The van der Waals surface area contributed by atoms with Gasteiger partial charge in [-0.15, -0.1) is 0 Å². The number of fused-ring (bicyclic) bond motifs is 1. The lowest BCUT2D eigenvalue weighted by molar-refractivity contribution is -0.118. The highest BCUT2D eigenvalue weighted by molar-refractivity contribution is 6.32. The number of carbonyl (C=O) groups excluding carboxylic acids is 1. The number of aliphatic hydroxyl groups excluding tert-OH is 1. The molecule has 0 aliphatic rings. The van der Waals surface area contributed by atoms with Crippen molar-refractivity contribution in [3.8, 4) is 5.75 Å². The minimum Gasteiger partial charge on any atom is -0.492 e. The van der Waals surface area contributed by atoms with Crippen molar-refractivity contribution in [2.75, 3.05) is 18.5 Å². The monoisotopic (exact) mass is 373 g/mol. The molecule has 0 saturated carbocycles. The Kier molecular flexibility index (Phi) is 5.50. The van der Waals surface area contributed by atoms with Gasteiger partial charge in [0, 0.05) is 24.4 Å². The van der Waals surface area contributed by atoms with Crippen molar-refractivity contribution in [1.82, 2.24) is 9.38 Å². The van der Waals surface area contributed by atoms with E-state index in [2.05, 4.69) is 10.3 Å². The average molecular weight is 374 g/mol. The fraction of sp³-hybridized carbons (Fsp3) is 0.167. The molecule has 0 aliphatic carbocycles. The van der Waals surface area contributed by atoms with Gasteiger partial charge in [0.25, 0.3) is 5.56 Å². The van der Waals surface area contributed by atoms with Crippen LogP contribution in [0.25, 0.3) is 5.65 Å². The number of halogens is 1. The van der Waals surface area contributed by atoms with E-state index in [1.807, 2.05) is 12.1 Å². The summed E-state index contributed by atoms with van der Waals surface area (Å²) >= 11 is 6.03. The Morgan fingerprint density at radius 2 is 2.08 bits per heavy atom. The highest BCUT2D eigenvalue weighted by atomic mass is 35.5. The molecule has 3 aromatic rings. The highest BCUT2D eigenvalue weighted by Crippen LogP contribution is 2.23. The Bertz CT molecular complexity index is 1000. The molecule has 1 amide bonds. The number of hydrogen-bond donors (Lipinski definition) is 2. The molecule has 7 nitrogen and oxygen atoms in total. The predicted octanol–water partition coefficient (Wildman–Crippen LogP) is 1.90. The van der Waals surface area contributed by atoms with Gasteiger partial charge in [0.05, 0.1) is 17.3 Å². The summed E-state index contributed by atoms with van der Waals surface area (Å²) < 4.78 is 6.95. The Morgan fingerprint density at radius 1 is 1.27 bits per heavy atom. The van der Waals surface area contributed by atoms with Crippen LogP contribution in [0.3, 0.4) is 0 Å². The molecule has 0 aliphatic heterocycles. The van der Waals surface area contributed by atoms with E-state index in [-0.39, 0.29) is 12.2 Å². The minimum atomic E-state index is -0.634. The molecule has 3 rings (SSSR count). The molecule has 8 heteroatoms. The summed E-state index contributed by atoms with van der Waals surface area (Å²) in [6.07, 6.45) is 3.34. The Morgan fingerprint density at radius 3 is 2.85 bits per heavy atom. The molecule has 0 saturated heterocycles. The van der Waals surface area contributed by atoms with Crippen molar-refractivity contribution in [2.24, 2.45) is 0 Å². The predicted molar refractivity (Wildman–Crippen MR) is 97.8 cm³/mol. The number of nitrogens with zero attached hydrogens (tertiary/aromatic N) is 2. The number of anilines is 1. The van der Waals surface area contributed by atoms with Crippen molar-refractivity contribution in [1.29, 1.82) is 0 Å². The summed E-state index contributed by atoms with van der Waals surface area (Å²) in [5.74, 6) is -0.00771. The number of hydrogen-bond acceptors (Lipinski definition) is 5. The summed E-state index contributed by atoms with van der Waals surface area (Å²) in [4.78, 5) is 28.2. The Labute approximate surface area is 153 Å². The number of nitrogens with one attached hydrogen (secondary N) is 1. The van der Waals surface area contributed by atoms with Crippen LogP contribution < -0.4 is 15.6 Å². The molecule has 0 bridgehead atoms. The smallest absolute Gasteiger partial charge is 0.261 e. The van der Waals surface area contributed by atoms with Crippen LogP contribution in [0.4, 0.5) is 5.69 Å². The lowest BCUT2D eigenvalue weighted by Crippen LogP contribution is -2.22. The zero-order valence-electron chi connectivity index (χ0n) is 13.7. The molecule has 2 N–H and O–H groups in total. The third kappa shape index (κ3) is 4.01. The third-order valence-electron chi connectivity index (χ3n) is 3.67. The molecule has 1 aromatic carbocycles. The third-order valence-corrected chi connectivity index (χ3v) is 3.98. The second-order valence-electron chi connectivity index (χ2n) is 5.47. The second kappa shape index (κ2) is 7.99. The molecular formula is C18H16ClN3O4. The number of pyridine rings is 1. The van der Waals surface area contributed by atoms with Gasteiger partial charge >= 0.3 is 0 Å². The summed E-state index contributed by atoms with van der Waals surface area (Å²) in [6, 6.07) is 10.3.